The predicted molar refractivity (Wildman–Crippen MR) is 50.0 cm³/mol. The highest BCUT2D eigenvalue weighted by molar-refractivity contribution is 4.94. The predicted octanol–water partition coefficient (Wildman–Crippen LogP) is 2.17. The van der Waals surface area contributed by atoms with Crippen molar-refractivity contribution in [1.29, 1.82) is 0 Å². The molecule has 0 amide bonds. The van der Waals surface area contributed by atoms with Crippen LogP contribution in [0.4, 0.5) is 0 Å². The zero-order valence-corrected chi connectivity index (χ0v) is 7.76. The van der Waals surface area contributed by atoms with Gasteiger partial charge in [-0.15, -0.1) is 0 Å². The van der Waals surface area contributed by atoms with E-state index < -0.39 is 0 Å². The van der Waals surface area contributed by atoms with Crippen LogP contribution in [0.2, 0.25) is 0 Å². The van der Waals surface area contributed by atoms with E-state index in [1.165, 1.54) is 32.2 Å². The molecule has 2 saturated heterocycles. The van der Waals surface area contributed by atoms with Crippen molar-refractivity contribution in [2.24, 2.45) is 17.8 Å². The second-order valence-corrected chi connectivity index (χ2v) is 5.04. The van der Waals surface area contributed by atoms with Crippen LogP contribution in [0, 0.1) is 17.8 Å². The van der Waals surface area contributed by atoms with Crippen molar-refractivity contribution in [3.05, 3.63) is 0 Å². The molecule has 3 rings (SSSR count). The number of hydrogen-bond donors (Lipinski definition) is 1. The lowest BCUT2D eigenvalue weighted by atomic mass is 9.84. The van der Waals surface area contributed by atoms with Crippen LogP contribution in [0.5, 0.6) is 0 Å². The lowest BCUT2D eigenvalue weighted by Gasteiger charge is -2.21. The first-order valence-electron chi connectivity index (χ1n) is 5.67. The minimum absolute atomic E-state index is 0.905. The van der Waals surface area contributed by atoms with Gasteiger partial charge in [0.15, 0.2) is 0 Å². The van der Waals surface area contributed by atoms with E-state index in [1.54, 1.807) is 12.8 Å². The third-order valence-corrected chi connectivity index (χ3v) is 4.48. The van der Waals surface area contributed by atoms with Crippen molar-refractivity contribution in [2.75, 3.05) is 6.54 Å². The van der Waals surface area contributed by atoms with Crippen molar-refractivity contribution in [2.45, 2.75) is 44.6 Å². The molecule has 4 atom stereocenters. The average Bonchev–Trinajstić information content (AvgIpc) is 2.35. The second-order valence-electron chi connectivity index (χ2n) is 5.04. The number of rotatable bonds is 0. The van der Waals surface area contributed by atoms with Crippen LogP contribution >= 0.6 is 0 Å². The van der Waals surface area contributed by atoms with Gasteiger partial charge in [-0.1, -0.05) is 6.42 Å². The first-order valence-corrected chi connectivity index (χ1v) is 5.67. The van der Waals surface area contributed by atoms with E-state index in [1.807, 2.05) is 0 Å². The number of nitrogens with one attached hydrogen (secondary N) is 1. The molecule has 2 heterocycles. The summed E-state index contributed by atoms with van der Waals surface area (Å²) < 4.78 is 0. The summed E-state index contributed by atoms with van der Waals surface area (Å²) in [5, 5.41) is 3.77. The largest absolute Gasteiger partial charge is 0.313 e. The van der Waals surface area contributed by atoms with Crippen molar-refractivity contribution in [1.82, 2.24) is 5.32 Å². The molecule has 0 aromatic rings. The molecular weight excluding hydrogens is 146 g/mol. The van der Waals surface area contributed by atoms with Crippen molar-refractivity contribution < 1.29 is 0 Å². The van der Waals surface area contributed by atoms with Crippen LogP contribution in [0.15, 0.2) is 0 Å². The van der Waals surface area contributed by atoms with Gasteiger partial charge in [0.1, 0.15) is 0 Å². The number of fused-ring (bicyclic) bond motifs is 7. The Hall–Kier alpha value is -0.0400. The Kier molecular flexibility index (Phi) is 1.68. The summed E-state index contributed by atoms with van der Waals surface area (Å²) in [6.07, 6.45) is 9.11. The Labute approximate surface area is 74.9 Å². The summed E-state index contributed by atoms with van der Waals surface area (Å²) in [6, 6.07) is 0.905. The van der Waals surface area contributed by atoms with E-state index in [9.17, 15) is 0 Å². The van der Waals surface area contributed by atoms with E-state index in [2.05, 4.69) is 5.32 Å². The SMILES string of the molecule is C1C[C@H]2CN[C@@H](C1)[C@@H]1CC[C@H]2C1. The van der Waals surface area contributed by atoms with Gasteiger partial charge < -0.3 is 5.32 Å². The maximum Gasteiger partial charge on any atom is 0.00955 e. The van der Waals surface area contributed by atoms with E-state index in [-0.39, 0.29) is 0 Å². The molecule has 1 N–H and O–H groups in total. The van der Waals surface area contributed by atoms with Gasteiger partial charge in [-0.25, -0.2) is 0 Å². The smallest absolute Gasteiger partial charge is 0.00955 e. The summed E-state index contributed by atoms with van der Waals surface area (Å²) in [7, 11) is 0. The van der Waals surface area contributed by atoms with Crippen molar-refractivity contribution >= 4 is 0 Å². The topological polar surface area (TPSA) is 12.0 Å². The van der Waals surface area contributed by atoms with E-state index >= 15 is 0 Å². The first kappa shape index (κ1) is 7.37. The molecule has 2 aliphatic heterocycles. The molecule has 1 aliphatic carbocycles. The molecule has 0 radical (unpaired) electrons. The van der Waals surface area contributed by atoms with Crippen molar-refractivity contribution in [3.8, 4) is 0 Å². The van der Waals surface area contributed by atoms with Gasteiger partial charge in [-0.05, 0) is 56.4 Å². The van der Waals surface area contributed by atoms with Gasteiger partial charge in [0, 0.05) is 6.04 Å². The second kappa shape index (κ2) is 2.73. The molecule has 68 valence electrons. The lowest BCUT2D eigenvalue weighted by molar-refractivity contribution is 0.316. The number of hydrogen-bond acceptors (Lipinski definition) is 1. The molecule has 1 saturated carbocycles. The summed E-state index contributed by atoms with van der Waals surface area (Å²) in [5.41, 5.74) is 0. The minimum Gasteiger partial charge on any atom is -0.313 e. The maximum atomic E-state index is 3.77. The third kappa shape index (κ3) is 1.02. The summed E-state index contributed by atoms with van der Waals surface area (Å²) in [4.78, 5) is 0. The molecule has 0 aromatic heterocycles. The Bertz CT molecular complexity index is 160. The van der Waals surface area contributed by atoms with Gasteiger partial charge >= 0.3 is 0 Å². The molecule has 3 fully saturated rings. The fourth-order valence-corrected chi connectivity index (χ4v) is 3.76. The summed E-state index contributed by atoms with van der Waals surface area (Å²) >= 11 is 0. The van der Waals surface area contributed by atoms with Crippen LogP contribution < -0.4 is 5.32 Å². The molecule has 1 nitrogen and oxygen atoms in total. The minimum atomic E-state index is 0.905. The zero-order chi connectivity index (χ0) is 7.97. The van der Waals surface area contributed by atoms with Gasteiger partial charge in [0.05, 0.1) is 0 Å². The fraction of sp³-hybridized carbons (Fsp3) is 1.00. The van der Waals surface area contributed by atoms with Gasteiger partial charge in [-0.3, -0.25) is 0 Å². The molecule has 1 heteroatoms. The van der Waals surface area contributed by atoms with Crippen LogP contribution in [-0.2, 0) is 0 Å². The Morgan fingerprint density at radius 3 is 2.75 bits per heavy atom. The molecule has 0 aromatic carbocycles. The quantitative estimate of drug-likeness (QED) is 0.580. The van der Waals surface area contributed by atoms with Crippen LogP contribution in [-0.4, -0.2) is 12.6 Å². The Balaban J connectivity index is 1.89. The van der Waals surface area contributed by atoms with E-state index in [0.717, 1.165) is 23.8 Å². The Morgan fingerprint density at radius 2 is 1.75 bits per heavy atom. The molecule has 0 spiro atoms. The average molecular weight is 165 g/mol. The van der Waals surface area contributed by atoms with Gasteiger partial charge in [-0.2, -0.15) is 0 Å². The standard InChI is InChI=1S/C11H19N/c1-2-10-7-12-11(3-1)9-5-4-8(10)6-9/h8-12H,1-7H2/t8-,9+,10-,11-/m0/s1. The highest BCUT2D eigenvalue weighted by Crippen LogP contribution is 2.44. The lowest BCUT2D eigenvalue weighted by Crippen LogP contribution is -2.34. The highest BCUT2D eigenvalue weighted by Gasteiger charge is 2.39. The van der Waals surface area contributed by atoms with Gasteiger partial charge in [0.2, 0.25) is 0 Å². The van der Waals surface area contributed by atoms with E-state index in [4.69, 9.17) is 0 Å². The monoisotopic (exact) mass is 165 g/mol. The molecule has 0 unspecified atom stereocenters. The van der Waals surface area contributed by atoms with Crippen LogP contribution in [0.3, 0.4) is 0 Å². The normalized spacial score (nSPS) is 52.0. The molecule has 12 heavy (non-hydrogen) atoms. The Morgan fingerprint density at radius 1 is 0.833 bits per heavy atom. The maximum absolute atomic E-state index is 3.77. The molecular formula is C11H19N. The van der Waals surface area contributed by atoms with Crippen LogP contribution in [0.25, 0.3) is 0 Å². The van der Waals surface area contributed by atoms with E-state index in [0.29, 0.717) is 0 Å². The highest BCUT2D eigenvalue weighted by atomic mass is 14.9. The summed E-state index contributed by atoms with van der Waals surface area (Å²) in [6.45, 7) is 1.34. The van der Waals surface area contributed by atoms with Gasteiger partial charge in [0.25, 0.3) is 0 Å². The fourth-order valence-electron chi connectivity index (χ4n) is 3.76. The zero-order valence-electron chi connectivity index (χ0n) is 7.76. The molecule has 4 bridgehead atoms. The van der Waals surface area contributed by atoms with Crippen LogP contribution in [0.1, 0.15) is 38.5 Å². The first-order chi connectivity index (χ1) is 5.93. The summed E-state index contributed by atoms with van der Waals surface area (Å²) in [5.74, 6) is 3.20. The van der Waals surface area contributed by atoms with Crippen molar-refractivity contribution in [3.63, 3.8) is 0 Å². The molecule has 3 aliphatic rings. The third-order valence-electron chi connectivity index (χ3n) is 4.48.